The maximum atomic E-state index is 3.76. The zero-order valence-corrected chi connectivity index (χ0v) is 8.66. The van der Waals surface area contributed by atoms with Crippen LogP contribution in [-0.2, 0) is 0 Å². The van der Waals surface area contributed by atoms with Crippen molar-refractivity contribution in [1.82, 2.24) is 10.2 Å². The summed E-state index contributed by atoms with van der Waals surface area (Å²) in [4.78, 5) is 2.72. The van der Waals surface area contributed by atoms with Gasteiger partial charge < -0.3 is 5.32 Å². The molecule has 0 aromatic carbocycles. The fourth-order valence-electron chi connectivity index (χ4n) is 3.31. The highest BCUT2D eigenvalue weighted by atomic mass is 15.4. The second-order valence-corrected chi connectivity index (χ2v) is 5.12. The second kappa shape index (κ2) is 2.71. The van der Waals surface area contributed by atoms with Crippen LogP contribution in [0.15, 0.2) is 0 Å². The first-order chi connectivity index (χ1) is 6.29. The molecule has 0 saturated carbocycles. The largest absolute Gasteiger partial charge is 0.311 e. The Bertz CT molecular complexity index is 208. The zero-order valence-electron chi connectivity index (χ0n) is 8.66. The minimum absolute atomic E-state index is 0.715. The molecular formula is C11H20N2. The molecule has 6 atom stereocenters. The topological polar surface area (TPSA) is 15.0 Å². The first-order valence-electron chi connectivity index (χ1n) is 5.83. The Hall–Kier alpha value is -0.0800. The predicted octanol–water partition coefficient (Wildman–Crippen LogP) is 1.36. The highest BCUT2D eigenvalue weighted by Crippen LogP contribution is 2.53. The van der Waals surface area contributed by atoms with Gasteiger partial charge in [0.1, 0.15) is 0 Å². The summed E-state index contributed by atoms with van der Waals surface area (Å²) in [7, 11) is 0. The third-order valence-electron chi connectivity index (χ3n) is 4.27. The van der Waals surface area contributed by atoms with Crippen molar-refractivity contribution in [3.8, 4) is 0 Å². The lowest BCUT2D eigenvalue weighted by molar-refractivity contribution is 0.174. The van der Waals surface area contributed by atoms with Gasteiger partial charge in [-0.15, -0.1) is 0 Å². The van der Waals surface area contributed by atoms with Crippen molar-refractivity contribution >= 4 is 0 Å². The number of fused-ring (bicyclic) bond motifs is 1. The number of nitrogens with one attached hydrogen (secondary N) is 1. The molecule has 74 valence electrons. The smallest absolute Gasteiger partial charge is 0.0273 e. The van der Waals surface area contributed by atoms with Crippen LogP contribution in [0.5, 0.6) is 0 Å². The molecule has 0 radical (unpaired) electrons. The minimum Gasteiger partial charge on any atom is -0.311 e. The Balaban J connectivity index is 1.55. The summed E-state index contributed by atoms with van der Waals surface area (Å²) in [5.41, 5.74) is 0. The van der Waals surface area contributed by atoms with Gasteiger partial charge in [-0.1, -0.05) is 6.92 Å². The van der Waals surface area contributed by atoms with E-state index in [0.29, 0.717) is 6.04 Å². The monoisotopic (exact) mass is 180 g/mol. The molecule has 0 spiro atoms. The summed E-state index contributed by atoms with van der Waals surface area (Å²) in [6.07, 6.45) is 5.60. The number of nitrogens with zero attached hydrogens (tertiary/aromatic N) is 1. The molecule has 0 aliphatic carbocycles. The van der Waals surface area contributed by atoms with Crippen LogP contribution < -0.4 is 5.32 Å². The van der Waals surface area contributed by atoms with E-state index in [2.05, 4.69) is 24.1 Å². The van der Waals surface area contributed by atoms with Gasteiger partial charge in [0.05, 0.1) is 0 Å². The van der Waals surface area contributed by atoms with Crippen LogP contribution in [0, 0.1) is 0 Å². The van der Waals surface area contributed by atoms with Crippen LogP contribution in [0.3, 0.4) is 0 Å². The molecule has 3 heterocycles. The first-order valence-corrected chi connectivity index (χ1v) is 5.83. The van der Waals surface area contributed by atoms with Gasteiger partial charge >= 0.3 is 0 Å². The molecular weight excluding hydrogens is 160 g/mol. The van der Waals surface area contributed by atoms with Crippen molar-refractivity contribution < 1.29 is 0 Å². The summed E-state index contributed by atoms with van der Waals surface area (Å²) < 4.78 is 0. The minimum atomic E-state index is 0.715. The molecule has 0 amide bonds. The van der Waals surface area contributed by atoms with Gasteiger partial charge in [-0.2, -0.15) is 0 Å². The quantitative estimate of drug-likeness (QED) is 0.660. The third-order valence-corrected chi connectivity index (χ3v) is 4.27. The van der Waals surface area contributed by atoms with Crippen molar-refractivity contribution in [3.05, 3.63) is 0 Å². The summed E-state index contributed by atoms with van der Waals surface area (Å²) in [6.45, 7) is 4.58. The molecule has 3 fully saturated rings. The maximum absolute atomic E-state index is 3.76. The van der Waals surface area contributed by atoms with Crippen molar-refractivity contribution in [2.75, 3.05) is 0 Å². The van der Waals surface area contributed by atoms with Gasteiger partial charge in [-0.05, 0) is 32.6 Å². The highest BCUT2D eigenvalue weighted by Gasteiger charge is 2.63. The van der Waals surface area contributed by atoms with Crippen molar-refractivity contribution in [2.45, 2.75) is 69.7 Å². The first kappa shape index (κ1) is 8.25. The van der Waals surface area contributed by atoms with Crippen LogP contribution in [0.2, 0.25) is 0 Å². The van der Waals surface area contributed by atoms with Crippen LogP contribution in [-0.4, -0.2) is 35.1 Å². The Morgan fingerprint density at radius 1 is 1.31 bits per heavy atom. The van der Waals surface area contributed by atoms with Gasteiger partial charge in [-0.25, -0.2) is 0 Å². The molecule has 0 aromatic rings. The Morgan fingerprint density at radius 2 is 2.08 bits per heavy atom. The molecule has 3 rings (SSSR count). The van der Waals surface area contributed by atoms with E-state index in [1.54, 1.807) is 0 Å². The molecule has 0 bridgehead atoms. The fraction of sp³-hybridized carbons (Fsp3) is 1.00. The molecule has 3 saturated heterocycles. The lowest BCUT2D eigenvalue weighted by atomic mass is 9.98. The van der Waals surface area contributed by atoms with Crippen LogP contribution >= 0.6 is 0 Å². The summed E-state index contributed by atoms with van der Waals surface area (Å²) in [5, 5.41) is 3.76. The molecule has 6 unspecified atom stereocenters. The van der Waals surface area contributed by atoms with Gasteiger partial charge in [0, 0.05) is 30.2 Å². The second-order valence-electron chi connectivity index (χ2n) is 5.12. The average molecular weight is 180 g/mol. The van der Waals surface area contributed by atoms with E-state index in [4.69, 9.17) is 0 Å². The van der Waals surface area contributed by atoms with E-state index in [-0.39, 0.29) is 0 Å². The van der Waals surface area contributed by atoms with Crippen molar-refractivity contribution in [3.63, 3.8) is 0 Å². The Kier molecular flexibility index (Phi) is 1.72. The molecule has 0 aromatic heterocycles. The Morgan fingerprint density at radius 3 is 2.77 bits per heavy atom. The van der Waals surface area contributed by atoms with E-state index >= 15 is 0 Å². The Labute approximate surface area is 80.7 Å². The molecule has 1 N–H and O–H groups in total. The maximum Gasteiger partial charge on any atom is 0.0273 e. The third kappa shape index (κ3) is 1.15. The van der Waals surface area contributed by atoms with Crippen molar-refractivity contribution in [2.24, 2.45) is 0 Å². The van der Waals surface area contributed by atoms with Crippen LogP contribution in [0.4, 0.5) is 0 Å². The van der Waals surface area contributed by atoms with E-state index in [0.717, 1.165) is 24.2 Å². The summed E-state index contributed by atoms with van der Waals surface area (Å²) >= 11 is 0. The molecule has 2 nitrogen and oxygen atoms in total. The molecule has 2 heteroatoms. The predicted molar refractivity (Wildman–Crippen MR) is 53.7 cm³/mol. The van der Waals surface area contributed by atoms with Gasteiger partial charge in [0.2, 0.25) is 0 Å². The highest BCUT2D eigenvalue weighted by molar-refractivity contribution is 5.20. The van der Waals surface area contributed by atoms with Gasteiger partial charge in [-0.3, -0.25) is 4.90 Å². The van der Waals surface area contributed by atoms with Gasteiger partial charge in [0.25, 0.3) is 0 Å². The number of hydrogen-bond acceptors (Lipinski definition) is 2. The lowest BCUT2D eigenvalue weighted by Crippen LogP contribution is -2.45. The average Bonchev–Trinajstić information content (AvgIpc) is 2.71. The lowest BCUT2D eigenvalue weighted by Gasteiger charge is -2.34. The molecule has 13 heavy (non-hydrogen) atoms. The van der Waals surface area contributed by atoms with E-state index in [1.165, 1.54) is 25.7 Å². The van der Waals surface area contributed by atoms with Gasteiger partial charge in [0.15, 0.2) is 0 Å². The zero-order chi connectivity index (χ0) is 9.00. The van der Waals surface area contributed by atoms with E-state index in [9.17, 15) is 0 Å². The number of hydrogen-bond donors (Lipinski definition) is 1. The van der Waals surface area contributed by atoms with Crippen LogP contribution in [0.1, 0.15) is 39.5 Å². The number of piperidine rings is 1. The van der Waals surface area contributed by atoms with E-state index in [1.807, 2.05) is 0 Å². The summed E-state index contributed by atoms with van der Waals surface area (Å²) in [5.74, 6) is 0. The molecule has 3 aliphatic heterocycles. The van der Waals surface area contributed by atoms with Crippen molar-refractivity contribution in [1.29, 1.82) is 0 Å². The SMILES string of the molecule is CCC(C)NC1CC2CC3C(C1)N23. The summed E-state index contributed by atoms with van der Waals surface area (Å²) in [6, 6.07) is 4.51. The standard InChI is InChI=1S/C11H20N2/c1-3-7(2)12-8-4-9-6-11-10(5-8)13(9)11/h7-12H,3-6H2,1-2H3. The van der Waals surface area contributed by atoms with Crippen LogP contribution in [0.25, 0.3) is 0 Å². The number of rotatable bonds is 3. The fourth-order valence-corrected chi connectivity index (χ4v) is 3.31. The van der Waals surface area contributed by atoms with E-state index < -0.39 is 0 Å². The normalized spacial score (nSPS) is 53.5. The molecule has 3 aliphatic rings.